The average Bonchev–Trinajstić information content (AvgIpc) is 3.05. The second-order valence-corrected chi connectivity index (χ2v) is 7.82. The smallest absolute Gasteiger partial charge is 0.119 e. The number of allylic oxidation sites excluding steroid dienone is 2. The fraction of sp³-hybridized carbons (Fsp3) is 0.778. The van der Waals surface area contributed by atoms with E-state index in [9.17, 15) is 5.11 Å². The first-order valence-corrected chi connectivity index (χ1v) is 7.93. The van der Waals surface area contributed by atoms with Crippen molar-refractivity contribution in [2.45, 2.75) is 45.1 Å². The fourth-order valence-corrected chi connectivity index (χ4v) is 5.79. The third-order valence-electron chi connectivity index (χ3n) is 6.17. The van der Waals surface area contributed by atoms with Gasteiger partial charge in [-0.3, -0.25) is 0 Å². The van der Waals surface area contributed by atoms with Gasteiger partial charge in [0.15, 0.2) is 0 Å². The van der Waals surface area contributed by atoms with Gasteiger partial charge >= 0.3 is 0 Å². The van der Waals surface area contributed by atoms with Crippen molar-refractivity contribution in [2.24, 2.45) is 41.4 Å². The minimum atomic E-state index is -0.824. The average molecular weight is 256 g/mol. The summed E-state index contributed by atoms with van der Waals surface area (Å²) < 4.78 is 0. The summed E-state index contributed by atoms with van der Waals surface area (Å²) in [4.78, 5) is 0. The van der Waals surface area contributed by atoms with E-state index in [4.69, 9.17) is 0 Å². The lowest BCUT2D eigenvalue weighted by Gasteiger charge is -2.36. The Bertz CT molecular complexity index is 472. The number of rotatable bonds is 1. The van der Waals surface area contributed by atoms with Crippen LogP contribution in [0.15, 0.2) is 12.2 Å². The van der Waals surface area contributed by atoms with Gasteiger partial charge in [0.2, 0.25) is 0 Å². The van der Waals surface area contributed by atoms with Crippen molar-refractivity contribution >= 4 is 0 Å². The Balaban J connectivity index is 1.48. The van der Waals surface area contributed by atoms with E-state index in [-0.39, 0.29) is 0 Å². The molecular formula is C18H24O. The Morgan fingerprint density at radius 1 is 1.11 bits per heavy atom. The molecule has 0 spiro atoms. The SMILES string of the molecule is CC(C)(O)C#CC[C@@H]1C[C@H]2C[C@@H]1[C@@H]1[C@@H]2[C@H]2C=C[C@H]1C2. The van der Waals surface area contributed by atoms with E-state index in [0.717, 1.165) is 47.8 Å². The van der Waals surface area contributed by atoms with Crippen LogP contribution in [0.25, 0.3) is 0 Å². The summed E-state index contributed by atoms with van der Waals surface area (Å²) in [5, 5.41) is 9.68. The molecule has 3 saturated carbocycles. The highest BCUT2D eigenvalue weighted by Crippen LogP contribution is 2.67. The van der Waals surface area contributed by atoms with Crippen LogP contribution in [0.1, 0.15) is 39.5 Å². The predicted molar refractivity (Wildman–Crippen MR) is 76.1 cm³/mol. The van der Waals surface area contributed by atoms with E-state index < -0.39 is 5.60 Å². The summed E-state index contributed by atoms with van der Waals surface area (Å²) in [7, 11) is 0. The summed E-state index contributed by atoms with van der Waals surface area (Å²) in [5.41, 5.74) is -0.824. The molecule has 0 amide bonds. The lowest BCUT2D eigenvalue weighted by atomic mass is 9.69. The Kier molecular flexibility index (Phi) is 2.46. The van der Waals surface area contributed by atoms with Crippen molar-refractivity contribution in [2.75, 3.05) is 0 Å². The van der Waals surface area contributed by atoms with Crippen molar-refractivity contribution in [3.63, 3.8) is 0 Å². The van der Waals surface area contributed by atoms with Crippen molar-refractivity contribution in [1.29, 1.82) is 0 Å². The molecule has 1 nitrogen and oxygen atoms in total. The van der Waals surface area contributed by atoms with Crippen LogP contribution in [0.4, 0.5) is 0 Å². The fourth-order valence-electron chi connectivity index (χ4n) is 5.79. The molecule has 0 aromatic carbocycles. The standard InChI is InChI=1S/C18H24O/c1-18(2,19)7-3-4-11-8-14-10-15(11)17-13-6-5-12(9-13)16(14)17/h5-6,11-17,19H,4,8-10H2,1-2H3/t11-,12+,13+,14+,15+,16-,17-/m1/s1. The van der Waals surface area contributed by atoms with Crippen LogP contribution in [-0.2, 0) is 0 Å². The summed E-state index contributed by atoms with van der Waals surface area (Å²) >= 11 is 0. The summed E-state index contributed by atoms with van der Waals surface area (Å²) in [6, 6.07) is 0. The first-order chi connectivity index (χ1) is 9.03. The van der Waals surface area contributed by atoms with E-state index in [1.165, 1.54) is 19.3 Å². The van der Waals surface area contributed by atoms with Crippen LogP contribution in [0.5, 0.6) is 0 Å². The number of hydrogen-bond donors (Lipinski definition) is 1. The molecule has 1 heteroatoms. The van der Waals surface area contributed by atoms with Gasteiger partial charge in [0, 0.05) is 6.42 Å². The van der Waals surface area contributed by atoms with Gasteiger partial charge < -0.3 is 5.11 Å². The van der Waals surface area contributed by atoms with Crippen molar-refractivity contribution in [3.8, 4) is 11.8 Å². The second-order valence-electron chi connectivity index (χ2n) is 7.82. The van der Waals surface area contributed by atoms with Crippen molar-refractivity contribution < 1.29 is 5.11 Å². The normalized spacial score (nSPS) is 49.3. The van der Waals surface area contributed by atoms with Crippen LogP contribution in [0.3, 0.4) is 0 Å². The van der Waals surface area contributed by atoms with Crippen LogP contribution in [0.2, 0.25) is 0 Å². The minimum Gasteiger partial charge on any atom is -0.378 e. The Morgan fingerprint density at radius 3 is 2.58 bits per heavy atom. The molecule has 0 radical (unpaired) electrons. The molecule has 19 heavy (non-hydrogen) atoms. The molecule has 4 bridgehead atoms. The molecule has 3 fully saturated rings. The molecule has 0 aliphatic heterocycles. The zero-order valence-corrected chi connectivity index (χ0v) is 12.0. The highest BCUT2D eigenvalue weighted by Gasteiger charge is 2.60. The topological polar surface area (TPSA) is 20.2 Å². The molecule has 4 rings (SSSR count). The molecule has 4 aliphatic rings. The molecule has 1 N–H and O–H groups in total. The molecule has 4 aliphatic carbocycles. The van der Waals surface area contributed by atoms with Gasteiger partial charge in [-0.15, -0.1) is 0 Å². The summed E-state index contributed by atoms with van der Waals surface area (Å²) in [5.74, 6) is 12.8. The monoisotopic (exact) mass is 256 g/mol. The molecule has 0 aromatic rings. The molecule has 0 heterocycles. The van der Waals surface area contributed by atoms with E-state index in [0.29, 0.717) is 0 Å². The zero-order chi connectivity index (χ0) is 13.2. The van der Waals surface area contributed by atoms with E-state index >= 15 is 0 Å². The van der Waals surface area contributed by atoms with E-state index in [1.54, 1.807) is 13.8 Å². The summed E-state index contributed by atoms with van der Waals surface area (Å²) in [6.07, 6.45) is 10.4. The third kappa shape index (κ3) is 1.80. The maximum absolute atomic E-state index is 9.68. The van der Waals surface area contributed by atoms with Crippen LogP contribution >= 0.6 is 0 Å². The van der Waals surface area contributed by atoms with Crippen LogP contribution in [0, 0.1) is 53.3 Å². The van der Waals surface area contributed by atoms with Gasteiger partial charge in [0.1, 0.15) is 5.60 Å². The number of hydrogen-bond acceptors (Lipinski definition) is 1. The molecule has 0 saturated heterocycles. The second kappa shape index (κ2) is 3.89. The van der Waals surface area contributed by atoms with Gasteiger partial charge in [0.25, 0.3) is 0 Å². The minimum absolute atomic E-state index is 0.814. The maximum atomic E-state index is 9.68. The van der Waals surface area contributed by atoms with Gasteiger partial charge in [-0.1, -0.05) is 24.0 Å². The first kappa shape index (κ1) is 12.0. The molecular weight excluding hydrogens is 232 g/mol. The quantitative estimate of drug-likeness (QED) is 0.434. The van der Waals surface area contributed by atoms with Crippen molar-refractivity contribution in [3.05, 3.63) is 12.2 Å². The zero-order valence-electron chi connectivity index (χ0n) is 12.0. The van der Waals surface area contributed by atoms with E-state index in [1.807, 2.05) is 0 Å². The van der Waals surface area contributed by atoms with E-state index in [2.05, 4.69) is 24.0 Å². The van der Waals surface area contributed by atoms with Crippen molar-refractivity contribution in [1.82, 2.24) is 0 Å². The maximum Gasteiger partial charge on any atom is 0.119 e. The Morgan fingerprint density at radius 2 is 1.84 bits per heavy atom. The summed E-state index contributed by atoms with van der Waals surface area (Å²) in [6.45, 7) is 3.55. The predicted octanol–water partition coefficient (Wildman–Crippen LogP) is 3.25. The first-order valence-electron chi connectivity index (χ1n) is 7.93. The molecule has 0 unspecified atom stereocenters. The highest BCUT2D eigenvalue weighted by molar-refractivity contribution is 5.21. The highest BCUT2D eigenvalue weighted by atomic mass is 16.3. The Labute approximate surface area is 116 Å². The lowest BCUT2D eigenvalue weighted by molar-refractivity contribution is 0.142. The lowest BCUT2D eigenvalue weighted by Crippen LogP contribution is -2.30. The molecule has 102 valence electrons. The van der Waals surface area contributed by atoms with Crippen LogP contribution < -0.4 is 0 Å². The van der Waals surface area contributed by atoms with Gasteiger partial charge in [0.05, 0.1) is 0 Å². The van der Waals surface area contributed by atoms with Gasteiger partial charge in [-0.05, 0) is 74.5 Å². The largest absolute Gasteiger partial charge is 0.378 e. The number of fused-ring (bicyclic) bond motifs is 9. The third-order valence-corrected chi connectivity index (χ3v) is 6.17. The van der Waals surface area contributed by atoms with Gasteiger partial charge in [-0.2, -0.15) is 0 Å². The van der Waals surface area contributed by atoms with Gasteiger partial charge in [-0.25, -0.2) is 0 Å². The Hall–Kier alpha value is -0.740. The van der Waals surface area contributed by atoms with Crippen LogP contribution in [-0.4, -0.2) is 10.7 Å². The molecule has 7 atom stereocenters. The molecule has 0 aromatic heterocycles. The number of aliphatic hydroxyl groups is 1.